The van der Waals surface area contributed by atoms with Gasteiger partial charge in [-0.3, -0.25) is 4.79 Å². The Kier molecular flexibility index (Phi) is 4.52. The number of amides is 1. The summed E-state index contributed by atoms with van der Waals surface area (Å²) < 4.78 is 1.50. The molecule has 1 unspecified atom stereocenters. The number of aliphatic carboxylic acids is 1. The lowest BCUT2D eigenvalue weighted by Gasteiger charge is -2.17. The first-order valence-corrected chi connectivity index (χ1v) is 6.56. The highest BCUT2D eigenvalue weighted by molar-refractivity contribution is 5.92. The maximum atomic E-state index is 11.8. The van der Waals surface area contributed by atoms with Crippen molar-refractivity contribution in [2.45, 2.75) is 19.1 Å². The Morgan fingerprint density at radius 3 is 2.64 bits per heavy atom. The number of carbonyl (C=O) groups excluding carboxylic acids is 1. The van der Waals surface area contributed by atoms with Crippen LogP contribution in [0.5, 0.6) is 0 Å². The second-order valence-corrected chi connectivity index (χ2v) is 5.05. The largest absolute Gasteiger partial charge is 0.479 e. The number of aliphatic hydroxyl groups is 1. The van der Waals surface area contributed by atoms with E-state index in [1.165, 1.54) is 10.9 Å². The number of nitrogens with zero attached hydrogens (tertiary/aromatic N) is 3. The minimum Gasteiger partial charge on any atom is -0.479 e. The van der Waals surface area contributed by atoms with Gasteiger partial charge in [0, 0.05) is 0 Å². The molecule has 1 aromatic carbocycles. The summed E-state index contributed by atoms with van der Waals surface area (Å²) in [6.07, 6.45) is 1.46. The first-order valence-electron chi connectivity index (χ1n) is 6.56. The van der Waals surface area contributed by atoms with E-state index in [2.05, 4.69) is 15.6 Å². The van der Waals surface area contributed by atoms with Gasteiger partial charge in [-0.05, 0) is 12.5 Å². The number of hydrogen-bond acceptors (Lipinski definition) is 5. The molecule has 1 heterocycles. The van der Waals surface area contributed by atoms with Gasteiger partial charge in [0.05, 0.1) is 19.3 Å². The van der Waals surface area contributed by atoms with Crippen LogP contribution < -0.4 is 5.32 Å². The standard InChI is InChI=1S/C14H16N4O4/c1-14(22,13(20)21)9-15-12(19)11-8-18(17-16-11)7-10-5-3-2-4-6-10/h2-6,8,22H,7,9H2,1H3,(H,15,19)(H,20,21). The van der Waals surface area contributed by atoms with Gasteiger partial charge >= 0.3 is 5.97 Å². The third kappa shape index (κ3) is 3.89. The minimum absolute atomic E-state index is 0.0529. The summed E-state index contributed by atoms with van der Waals surface area (Å²) in [5.74, 6) is -2.01. The van der Waals surface area contributed by atoms with Gasteiger partial charge in [-0.1, -0.05) is 35.5 Å². The van der Waals surface area contributed by atoms with Crippen molar-refractivity contribution in [3.05, 3.63) is 47.8 Å². The van der Waals surface area contributed by atoms with Crippen LogP contribution in [0.2, 0.25) is 0 Å². The zero-order valence-corrected chi connectivity index (χ0v) is 11.9. The molecule has 0 aliphatic carbocycles. The fourth-order valence-corrected chi connectivity index (χ4v) is 1.67. The lowest BCUT2D eigenvalue weighted by atomic mass is 10.1. The van der Waals surface area contributed by atoms with Gasteiger partial charge in [-0.15, -0.1) is 5.10 Å². The van der Waals surface area contributed by atoms with Gasteiger partial charge in [0.2, 0.25) is 0 Å². The Balaban J connectivity index is 1.96. The molecule has 8 heteroatoms. The van der Waals surface area contributed by atoms with E-state index in [4.69, 9.17) is 5.11 Å². The van der Waals surface area contributed by atoms with Crippen molar-refractivity contribution in [3.63, 3.8) is 0 Å². The number of hydrogen-bond donors (Lipinski definition) is 3. The maximum absolute atomic E-state index is 11.8. The Morgan fingerprint density at radius 1 is 1.32 bits per heavy atom. The SMILES string of the molecule is CC(O)(CNC(=O)c1cn(Cc2ccccc2)nn1)C(=O)O. The van der Waals surface area contributed by atoms with Crippen LogP contribution in [0.1, 0.15) is 23.0 Å². The van der Waals surface area contributed by atoms with Crippen molar-refractivity contribution in [2.24, 2.45) is 0 Å². The Hall–Kier alpha value is -2.74. The van der Waals surface area contributed by atoms with Crippen LogP contribution in [0.4, 0.5) is 0 Å². The van der Waals surface area contributed by atoms with Crippen LogP contribution in [0.15, 0.2) is 36.5 Å². The molecule has 0 radical (unpaired) electrons. The molecule has 1 aromatic heterocycles. The zero-order chi connectivity index (χ0) is 16.2. The molecule has 22 heavy (non-hydrogen) atoms. The molecule has 0 fully saturated rings. The Bertz CT molecular complexity index is 666. The number of nitrogens with one attached hydrogen (secondary N) is 1. The molecule has 1 atom stereocenters. The summed E-state index contributed by atoms with van der Waals surface area (Å²) in [5.41, 5.74) is -0.972. The van der Waals surface area contributed by atoms with Crippen molar-refractivity contribution in [3.8, 4) is 0 Å². The first-order chi connectivity index (χ1) is 10.4. The van der Waals surface area contributed by atoms with Crippen molar-refractivity contribution in [1.82, 2.24) is 20.3 Å². The molecule has 0 saturated carbocycles. The van der Waals surface area contributed by atoms with Gasteiger partial charge < -0.3 is 15.5 Å². The summed E-state index contributed by atoms with van der Waals surface area (Å²) in [4.78, 5) is 22.6. The number of carboxylic acid groups (broad SMARTS) is 1. The van der Waals surface area contributed by atoms with Crippen LogP contribution in [0, 0.1) is 0 Å². The lowest BCUT2D eigenvalue weighted by molar-refractivity contribution is -0.155. The molecule has 2 aromatic rings. The summed E-state index contributed by atoms with van der Waals surface area (Å²) >= 11 is 0. The fraction of sp³-hybridized carbons (Fsp3) is 0.286. The number of benzene rings is 1. The molecule has 1 amide bonds. The zero-order valence-electron chi connectivity index (χ0n) is 11.9. The van der Waals surface area contributed by atoms with Crippen molar-refractivity contribution in [2.75, 3.05) is 6.54 Å². The van der Waals surface area contributed by atoms with Crippen LogP contribution in [-0.2, 0) is 11.3 Å². The molecule has 0 spiro atoms. The smallest absolute Gasteiger partial charge is 0.337 e. The molecule has 3 N–H and O–H groups in total. The fourth-order valence-electron chi connectivity index (χ4n) is 1.67. The third-order valence-corrected chi connectivity index (χ3v) is 3.01. The predicted octanol–water partition coefficient (Wildman–Crippen LogP) is -0.108. The molecular weight excluding hydrogens is 288 g/mol. The van der Waals surface area contributed by atoms with Crippen LogP contribution in [0.3, 0.4) is 0 Å². The summed E-state index contributed by atoms with van der Waals surface area (Å²) in [5, 5.41) is 28.2. The molecule has 116 valence electrons. The average molecular weight is 304 g/mol. The molecule has 2 rings (SSSR count). The predicted molar refractivity (Wildman–Crippen MR) is 76.2 cm³/mol. The van der Waals surface area contributed by atoms with Crippen molar-refractivity contribution >= 4 is 11.9 Å². The van der Waals surface area contributed by atoms with Crippen LogP contribution >= 0.6 is 0 Å². The topological polar surface area (TPSA) is 117 Å². The van der Waals surface area contributed by atoms with E-state index in [1.807, 2.05) is 30.3 Å². The van der Waals surface area contributed by atoms with Gasteiger partial charge in [0.1, 0.15) is 0 Å². The van der Waals surface area contributed by atoms with E-state index in [0.717, 1.165) is 12.5 Å². The maximum Gasteiger partial charge on any atom is 0.337 e. The number of aromatic nitrogens is 3. The van der Waals surface area contributed by atoms with Crippen molar-refractivity contribution < 1.29 is 19.8 Å². The van der Waals surface area contributed by atoms with E-state index in [9.17, 15) is 14.7 Å². The van der Waals surface area contributed by atoms with Crippen LogP contribution in [0.25, 0.3) is 0 Å². The highest BCUT2D eigenvalue weighted by Gasteiger charge is 2.30. The second kappa shape index (κ2) is 6.35. The number of carbonyl (C=O) groups is 2. The quantitative estimate of drug-likeness (QED) is 0.685. The molecule has 0 saturated heterocycles. The second-order valence-electron chi connectivity index (χ2n) is 5.05. The minimum atomic E-state index is -2.03. The highest BCUT2D eigenvalue weighted by Crippen LogP contribution is 2.04. The van der Waals surface area contributed by atoms with Crippen molar-refractivity contribution in [1.29, 1.82) is 0 Å². The van der Waals surface area contributed by atoms with Gasteiger partial charge in [-0.2, -0.15) is 0 Å². The van der Waals surface area contributed by atoms with Gasteiger partial charge in [0.15, 0.2) is 11.3 Å². The molecule has 0 aliphatic heterocycles. The Morgan fingerprint density at radius 2 is 2.00 bits per heavy atom. The first kappa shape index (κ1) is 15.6. The van der Waals surface area contributed by atoms with E-state index in [-0.39, 0.29) is 5.69 Å². The van der Waals surface area contributed by atoms with E-state index in [0.29, 0.717) is 6.54 Å². The molecule has 0 bridgehead atoms. The highest BCUT2D eigenvalue weighted by atomic mass is 16.4. The molecular formula is C14H16N4O4. The van der Waals surface area contributed by atoms with Crippen LogP contribution in [-0.4, -0.2) is 49.2 Å². The van der Waals surface area contributed by atoms with Gasteiger partial charge in [0.25, 0.3) is 5.91 Å². The van der Waals surface area contributed by atoms with E-state index >= 15 is 0 Å². The number of rotatable bonds is 6. The third-order valence-electron chi connectivity index (χ3n) is 3.01. The Labute approximate surface area is 126 Å². The number of carboxylic acids is 1. The normalized spacial score (nSPS) is 13.4. The summed E-state index contributed by atoms with van der Waals surface area (Å²) in [6.45, 7) is 1.14. The summed E-state index contributed by atoms with van der Waals surface area (Å²) in [7, 11) is 0. The average Bonchev–Trinajstić information content (AvgIpc) is 2.94. The molecule has 8 nitrogen and oxygen atoms in total. The van der Waals surface area contributed by atoms with E-state index < -0.39 is 24.0 Å². The van der Waals surface area contributed by atoms with E-state index in [1.54, 1.807) is 0 Å². The van der Waals surface area contributed by atoms with Gasteiger partial charge in [-0.25, -0.2) is 9.48 Å². The lowest BCUT2D eigenvalue weighted by Crippen LogP contribution is -2.46. The monoisotopic (exact) mass is 304 g/mol. The molecule has 0 aliphatic rings. The summed E-state index contributed by atoms with van der Waals surface area (Å²) in [6, 6.07) is 9.54.